The van der Waals surface area contributed by atoms with E-state index in [1.807, 2.05) is 0 Å². The maximum absolute atomic E-state index is 11.4. The molecular formula is C13H8N4O7S2. The molecule has 0 aromatic heterocycles. The van der Waals surface area contributed by atoms with Crippen LogP contribution in [0, 0.1) is 22.7 Å². The number of nitrogens with one attached hydrogen (secondary N) is 1. The number of rotatable bonds is 4. The largest absolute Gasteiger partial charge is 0.507 e. The van der Waals surface area contributed by atoms with Crippen molar-refractivity contribution in [3.63, 3.8) is 0 Å². The lowest BCUT2D eigenvalue weighted by Gasteiger charge is -2.11. The smallest absolute Gasteiger partial charge is 0.294 e. The van der Waals surface area contributed by atoms with E-state index < -0.39 is 41.5 Å². The van der Waals surface area contributed by atoms with E-state index >= 15 is 0 Å². The lowest BCUT2D eigenvalue weighted by molar-refractivity contribution is 0.471. The first-order valence-electron chi connectivity index (χ1n) is 6.37. The summed E-state index contributed by atoms with van der Waals surface area (Å²) < 4.78 is 63.6. The van der Waals surface area contributed by atoms with E-state index in [1.165, 1.54) is 12.1 Å². The highest BCUT2D eigenvalue weighted by atomic mass is 32.2. The molecule has 13 heteroatoms. The first-order chi connectivity index (χ1) is 12.0. The minimum atomic E-state index is -4.74. The number of anilines is 1. The fourth-order valence-electron chi connectivity index (χ4n) is 2.02. The van der Waals surface area contributed by atoms with Crippen LogP contribution in [-0.2, 0) is 20.2 Å². The fraction of sp³-hybridized carbons (Fsp3) is 0. The molecule has 0 aliphatic carbocycles. The number of aromatic hydroxyl groups is 1. The normalized spacial score (nSPS) is 11.4. The van der Waals surface area contributed by atoms with Crippen LogP contribution in [0.4, 0.5) is 5.69 Å². The van der Waals surface area contributed by atoms with Crippen LogP contribution in [0.25, 0.3) is 10.8 Å². The van der Waals surface area contributed by atoms with E-state index in [0.717, 1.165) is 18.2 Å². The second kappa shape index (κ2) is 6.58. The number of benzene rings is 2. The van der Waals surface area contributed by atoms with E-state index in [9.17, 15) is 26.5 Å². The molecule has 0 spiro atoms. The zero-order valence-electron chi connectivity index (χ0n) is 12.4. The Labute approximate surface area is 146 Å². The molecule has 26 heavy (non-hydrogen) atoms. The van der Waals surface area contributed by atoms with Crippen molar-refractivity contribution in [2.45, 2.75) is 9.79 Å². The zero-order valence-corrected chi connectivity index (χ0v) is 14.1. The van der Waals surface area contributed by atoms with Crippen LogP contribution in [0.2, 0.25) is 0 Å². The molecule has 0 aliphatic heterocycles. The number of hydrogen-bond donors (Lipinski definition) is 4. The molecule has 11 nitrogen and oxygen atoms in total. The summed E-state index contributed by atoms with van der Waals surface area (Å²) in [5.74, 6) is -0.676. The van der Waals surface area contributed by atoms with Crippen molar-refractivity contribution in [3.05, 3.63) is 24.3 Å². The second-order valence-corrected chi connectivity index (χ2v) is 7.60. The molecule has 0 saturated heterocycles. The van der Waals surface area contributed by atoms with Gasteiger partial charge in [-0.3, -0.25) is 14.5 Å². The second-order valence-electron chi connectivity index (χ2n) is 4.76. The highest BCUT2D eigenvalue weighted by Crippen LogP contribution is 2.36. The Morgan fingerprint density at radius 1 is 0.962 bits per heavy atom. The van der Waals surface area contributed by atoms with Crippen molar-refractivity contribution in [2.24, 2.45) is 5.10 Å². The molecule has 2 aromatic rings. The Morgan fingerprint density at radius 3 is 1.92 bits per heavy atom. The Morgan fingerprint density at radius 2 is 1.46 bits per heavy atom. The van der Waals surface area contributed by atoms with Gasteiger partial charge >= 0.3 is 0 Å². The number of fused-ring (bicyclic) bond motifs is 1. The quantitative estimate of drug-likeness (QED) is 0.326. The molecule has 4 N–H and O–H groups in total. The van der Waals surface area contributed by atoms with Crippen molar-refractivity contribution in [1.29, 1.82) is 10.5 Å². The van der Waals surface area contributed by atoms with Crippen molar-refractivity contribution in [3.8, 4) is 17.9 Å². The number of hydrazone groups is 1. The van der Waals surface area contributed by atoms with Gasteiger partial charge in [0.1, 0.15) is 17.9 Å². The molecule has 2 rings (SSSR count). The number of nitriles is 2. The van der Waals surface area contributed by atoms with Crippen LogP contribution in [0.5, 0.6) is 5.75 Å². The maximum atomic E-state index is 11.4. The van der Waals surface area contributed by atoms with Crippen LogP contribution >= 0.6 is 0 Å². The monoisotopic (exact) mass is 396 g/mol. The standard InChI is InChI=1S/C13H8N4O7S2/c14-5-8(6-15)16-17-11-3-9(25(19,20)21)1-7-2-10(26(22,23)24)4-12(18)13(7)11/h1-4,17-18H,(H,19,20,21)(H,22,23,24). The Kier molecular flexibility index (Phi) is 4.84. The van der Waals surface area contributed by atoms with Gasteiger partial charge in [-0.1, -0.05) is 0 Å². The van der Waals surface area contributed by atoms with Gasteiger partial charge in [0, 0.05) is 11.5 Å². The molecule has 0 amide bonds. The Balaban J connectivity index is 2.88. The fourth-order valence-corrected chi connectivity index (χ4v) is 3.09. The predicted molar refractivity (Wildman–Crippen MR) is 87.5 cm³/mol. The van der Waals surface area contributed by atoms with Crippen LogP contribution in [0.1, 0.15) is 0 Å². The van der Waals surface area contributed by atoms with Gasteiger partial charge in [-0.05, 0) is 23.6 Å². The van der Waals surface area contributed by atoms with Gasteiger partial charge in [-0.15, -0.1) is 0 Å². The highest BCUT2D eigenvalue weighted by molar-refractivity contribution is 7.86. The van der Waals surface area contributed by atoms with Gasteiger partial charge in [-0.25, -0.2) is 0 Å². The van der Waals surface area contributed by atoms with Crippen molar-refractivity contribution < 1.29 is 31.0 Å². The summed E-state index contributed by atoms with van der Waals surface area (Å²) in [6.45, 7) is 0. The van der Waals surface area contributed by atoms with Crippen LogP contribution in [0.3, 0.4) is 0 Å². The summed E-state index contributed by atoms with van der Waals surface area (Å²) >= 11 is 0. The van der Waals surface area contributed by atoms with Crippen molar-refractivity contribution in [2.75, 3.05) is 5.43 Å². The minimum absolute atomic E-state index is 0.135. The molecule has 0 atom stereocenters. The van der Waals surface area contributed by atoms with Gasteiger partial charge in [0.05, 0.1) is 15.5 Å². The van der Waals surface area contributed by atoms with Crippen LogP contribution in [0.15, 0.2) is 39.2 Å². The van der Waals surface area contributed by atoms with Crippen LogP contribution < -0.4 is 5.43 Å². The summed E-state index contributed by atoms with van der Waals surface area (Å²) in [4.78, 5) is -1.41. The average Bonchev–Trinajstić information content (AvgIpc) is 2.53. The molecule has 134 valence electrons. The van der Waals surface area contributed by atoms with E-state index in [-0.39, 0.29) is 16.5 Å². The summed E-state index contributed by atoms with van der Waals surface area (Å²) in [6, 6.07) is 6.14. The summed E-state index contributed by atoms with van der Waals surface area (Å²) in [7, 11) is -9.46. The van der Waals surface area contributed by atoms with E-state index in [2.05, 4.69) is 10.5 Å². The molecule has 0 heterocycles. The molecule has 0 fully saturated rings. The third-order valence-corrected chi connectivity index (χ3v) is 4.73. The van der Waals surface area contributed by atoms with Gasteiger partial charge < -0.3 is 5.11 Å². The first-order valence-corrected chi connectivity index (χ1v) is 9.25. The molecule has 0 aliphatic rings. The van der Waals surface area contributed by atoms with E-state index in [1.54, 1.807) is 0 Å². The number of nitrogens with zero attached hydrogens (tertiary/aromatic N) is 3. The Hall–Kier alpha value is -3.23. The lowest BCUT2D eigenvalue weighted by Crippen LogP contribution is -2.03. The van der Waals surface area contributed by atoms with Crippen molar-refractivity contribution in [1.82, 2.24) is 0 Å². The minimum Gasteiger partial charge on any atom is -0.507 e. The summed E-state index contributed by atoms with van der Waals surface area (Å²) in [5.41, 5.74) is 1.32. The van der Waals surface area contributed by atoms with Gasteiger partial charge in [0.2, 0.25) is 5.71 Å². The molecular weight excluding hydrogens is 388 g/mol. The average molecular weight is 396 g/mol. The zero-order chi connectivity index (χ0) is 19.7. The lowest BCUT2D eigenvalue weighted by atomic mass is 10.1. The molecule has 0 unspecified atom stereocenters. The highest BCUT2D eigenvalue weighted by Gasteiger charge is 2.19. The van der Waals surface area contributed by atoms with Gasteiger partial charge in [0.15, 0.2) is 0 Å². The van der Waals surface area contributed by atoms with Gasteiger partial charge in [0.25, 0.3) is 20.2 Å². The third-order valence-electron chi connectivity index (χ3n) is 3.07. The SMILES string of the molecule is N#CC(C#N)=NNc1cc(S(=O)(=O)O)cc2cc(S(=O)(=O)O)cc(O)c12. The van der Waals surface area contributed by atoms with Gasteiger partial charge in [-0.2, -0.15) is 32.5 Å². The molecule has 0 saturated carbocycles. The topological polar surface area (TPSA) is 201 Å². The van der Waals surface area contributed by atoms with Crippen molar-refractivity contribution >= 4 is 42.4 Å². The maximum Gasteiger partial charge on any atom is 0.294 e. The third kappa shape index (κ3) is 3.88. The first kappa shape index (κ1) is 19.1. The summed E-state index contributed by atoms with van der Waals surface area (Å²) in [6.07, 6.45) is 0. The van der Waals surface area contributed by atoms with E-state index in [0.29, 0.717) is 6.07 Å². The molecule has 2 aromatic carbocycles. The Bertz CT molecular complexity index is 1210. The number of phenols is 1. The number of phenolic OH excluding ortho intramolecular Hbond substituents is 1. The van der Waals surface area contributed by atoms with E-state index in [4.69, 9.17) is 15.1 Å². The van der Waals surface area contributed by atoms with Crippen LogP contribution in [-0.4, -0.2) is 36.8 Å². The summed E-state index contributed by atoms with van der Waals surface area (Å²) in [5, 5.41) is 30.5. The predicted octanol–water partition coefficient (Wildman–Crippen LogP) is 0.854. The molecule has 0 radical (unpaired) electrons. The molecule has 0 bridgehead atoms. The number of hydrogen-bond acceptors (Lipinski definition) is 9.